The van der Waals surface area contributed by atoms with Gasteiger partial charge in [-0.2, -0.15) is 0 Å². The summed E-state index contributed by atoms with van der Waals surface area (Å²) in [5.41, 5.74) is -0.251. The first-order valence-electron chi connectivity index (χ1n) is 4.56. The van der Waals surface area contributed by atoms with Gasteiger partial charge in [-0.3, -0.25) is 0 Å². The summed E-state index contributed by atoms with van der Waals surface area (Å²) in [6.07, 6.45) is 1.08. The topological polar surface area (TPSA) is 18.5 Å². The van der Waals surface area contributed by atoms with E-state index in [0.717, 1.165) is 17.8 Å². The van der Waals surface area contributed by atoms with Crippen molar-refractivity contribution in [2.75, 3.05) is 11.9 Å². The fourth-order valence-electron chi connectivity index (χ4n) is 1.20. The summed E-state index contributed by atoms with van der Waals surface area (Å²) < 4.78 is 11.3. The highest BCUT2D eigenvalue weighted by Crippen LogP contribution is 2.19. The number of hydrogen-bond acceptors (Lipinski definition) is 2. The van der Waals surface area contributed by atoms with Crippen molar-refractivity contribution in [3.05, 3.63) is 0 Å². The van der Waals surface area contributed by atoms with Crippen molar-refractivity contribution >= 4 is 36.1 Å². The molecular weight excluding hydrogens is 272 g/mol. The summed E-state index contributed by atoms with van der Waals surface area (Å²) in [7, 11) is -2.00. The van der Waals surface area contributed by atoms with E-state index in [4.69, 9.17) is 20.5 Å². The van der Waals surface area contributed by atoms with E-state index in [0.29, 0.717) is 6.61 Å². The van der Waals surface area contributed by atoms with E-state index < -0.39 is 8.56 Å². The molecule has 0 aromatic heterocycles. The van der Waals surface area contributed by atoms with Crippen molar-refractivity contribution in [3.63, 3.8) is 0 Å². The molecule has 0 aromatic carbocycles. The molecule has 0 N–H and O–H groups in total. The zero-order chi connectivity index (χ0) is 10.3. The standard InChI is InChI=1S/C8H18BrClO2Si/c1-4-11-13(3,7-5-6-9)12-8(2)10/h8H,4-7H2,1-3H3. The van der Waals surface area contributed by atoms with Crippen LogP contribution in [0.5, 0.6) is 0 Å². The molecular formula is C8H18BrClO2Si. The molecule has 0 rings (SSSR count). The van der Waals surface area contributed by atoms with Crippen LogP contribution < -0.4 is 0 Å². The fourth-order valence-corrected chi connectivity index (χ4v) is 5.01. The minimum atomic E-state index is -2.00. The van der Waals surface area contributed by atoms with Crippen LogP contribution in [-0.2, 0) is 8.85 Å². The second-order valence-electron chi connectivity index (χ2n) is 3.02. The monoisotopic (exact) mass is 288 g/mol. The molecule has 0 bridgehead atoms. The van der Waals surface area contributed by atoms with Crippen LogP contribution in [0.25, 0.3) is 0 Å². The molecule has 2 atom stereocenters. The molecule has 0 aliphatic rings. The molecule has 80 valence electrons. The van der Waals surface area contributed by atoms with Gasteiger partial charge in [0.15, 0.2) is 0 Å². The lowest BCUT2D eigenvalue weighted by atomic mass is 10.6. The van der Waals surface area contributed by atoms with Gasteiger partial charge in [-0.05, 0) is 32.9 Å². The highest BCUT2D eigenvalue weighted by molar-refractivity contribution is 9.09. The van der Waals surface area contributed by atoms with Gasteiger partial charge in [0, 0.05) is 11.9 Å². The van der Waals surface area contributed by atoms with E-state index in [2.05, 4.69) is 22.5 Å². The Morgan fingerprint density at radius 3 is 2.54 bits per heavy atom. The molecule has 0 spiro atoms. The average molecular weight is 290 g/mol. The minimum absolute atomic E-state index is 0.251. The maximum absolute atomic E-state index is 5.80. The Balaban J connectivity index is 3.99. The van der Waals surface area contributed by atoms with Crippen LogP contribution in [-0.4, -0.2) is 26.1 Å². The maximum Gasteiger partial charge on any atom is 0.336 e. The molecule has 0 fully saturated rings. The van der Waals surface area contributed by atoms with Crippen LogP contribution in [0.3, 0.4) is 0 Å². The lowest BCUT2D eigenvalue weighted by Gasteiger charge is -2.27. The van der Waals surface area contributed by atoms with Gasteiger partial charge in [0.05, 0.1) is 0 Å². The van der Waals surface area contributed by atoms with Gasteiger partial charge >= 0.3 is 8.56 Å². The molecule has 0 aromatic rings. The first kappa shape index (κ1) is 13.9. The van der Waals surface area contributed by atoms with Gasteiger partial charge in [0.1, 0.15) is 5.56 Å². The van der Waals surface area contributed by atoms with Gasteiger partial charge in [-0.15, -0.1) is 0 Å². The first-order valence-corrected chi connectivity index (χ1v) is 8.64. The Kier molecular flexibility index (Phi) is 7.74. The molecule has 0 aliphatic heterocycles. The van der Waals surface area contributed by atoms with E-state index in [9.17, 15) is 0 Å². The predicted molar refractivity (Wildman–Crippen MR) is 62.9 cm³/mol. The zero-order valence-electron chi connectivity index (χ0n) is 8.48. The quantitative estimate of drug-likeness (QED) is 0.528. The Labute approximate surface area is 95.3 Å². The Bertz CT molecular complexity index is 137. The fraction of sp³-hybridized carbons (Fsp3) is 1.00. The average Bonchev–Trinajstić information content (AvgIpc) is 2.00. The summed E-state index contributed by atoms with van der Waals surface area (Å²) in [4.78, 5) is 0. The third-order valence-corrected chi connectivity index (χ3v) is 5.44. The zero-order valence-corrected chi connectivity index (χ0v) is 11.8. The van der Waals surface area contributed by atoms with E-state index in [1.54, 1.807) is 0 Å². The van der Waals surface area contributed by atoms with Crippen molar-refractivity contribution < 1.29 is 8.85 Å². The molecule has 0 saturated carbocycles. The SMILES string of the molecule is CCO[Si](C)(CCCBr)OC(C)Cl. The van der Waals surface area contributed by atoms with E-state index >= 15 is 0 Å². The second-order valence-corrected chi connectivity index (χ2v) is 7.72. The summed E-state index contributed by atoms with van der Waals surface area (Å²) in [5.74, 6) is 0. The molecule has 0 radical (unpaired) electrons. The summed E-state index contributed by atoms with van der Waals surface area (Å²) in [6, 6.07) is 0.989. The maximum atomic E-state index is 5.80. The van der Waals surface area contributed by atoms with Gasteiger partial charge in [-0.25, -0.2) is 0 Å². The third kappa shape index (κ3) is 6.91. The van der Waals surface area contributed by atoms with Crippen molar-refractivity contribution in [3.8, 4) is 0 Å². The van der Waals surface area contributed by atoms with Crippen LogP contribution in [0.4, 0.5) is 0 Å². The molecule has 0 heterocycles. The third-order valence-electron chi connectivity index (χ3n) is 1.63. The molecule has 2 unspecified atom stereocenters. The molecule has 0 amide bonds. The molecule has 0 saturated heterocycles. The van der Waals surface area contributed by atoms with Crippen LogP contribution in [0.15, 0.2) is 0 Å². The van der Waals surface area contributed by atoms with Gasteiger partial charge in [0.2, 0.25) is 0 Å². The number of alkyl halides is 2. The highest BCUT2D eigenvalue weighted by Gasteiger charge is 2.31. The van der Waals surface area contributed by atoms with Crippen LogP contribution in [0.2, 0.25) is 12.6 Å². The van der Waals surface area contributed by atoms with Gasteiger partial charge < -0.3 is 8.85 Å². The highest BCUT2D eigenvalue weighted by atomic mass is 79.9. The smallest absolute Gasteiger partial charge is 0.336 e. The van der Waals surface area contributed by atoms with E-state index in [-0.39, 0.29) is 5.56 Å². The van der Waals surface area contributed by atoms with Crippen LogP contribution in [0.1, 0.15) is 20.3 Å². The first-order chi connectivity index (χ1) is 6.04. The minimum Gasteiger partial charge on any atom is -0.395 e. The molecule has 2 nitrogen and oxygen atoms in total. The van der Waals surface area contributed by atoms with Crippen molar-refractivity contribution in [2.45, 2.75) is 38.4 Å². The van der Waals surface area contributed by atoms with Gasteiger partial charge in [0.25, 0.3) is 0 Å². The van der Waals surface area contributed by atoms with Crippen LogP contribution in [0, 0.1) is 0 Å². The largest absolute Gasteiger partial charge is 0.395 e. The summed E-state index contributed by atoms with van der Waals surface area (Å²) in [5, 5.41) is 0.989. The Morgan fingerprint density at radius 1 is 1.54 bits per heavy atom. The summed E-state index contributed by atoms with van der Waals surface area (Å²) >= 11 is 9.20. The lowest BCUT2D eigenvalue weighted by Crippen LogP contribution is -2.40. The summed E-state index contributed by atoms with van der Waals surface area (Å²) in [6.45, 7) is 6.59. The van der Waals surface area contributed by atoms with E-state index in [1.807, 2.05) is 13.8 Å². The lowest BCUT2D eigenvalue weighted by molar-refractivity contribution is 0.171. The second kappa shape index (κ2) is 7.23. The predicted octanol–water partition coefficient (Wildman–Crippen LogP) is 3.48. The number of rotatable bonds is 7. The van der Waals surface area contributed by atoms with Crippen LogP contribution >= 0.6 is 27.5 Å². The van der Waals surface area contributed by atoms with Crippen molar-refractivity contribution in [2.24, 2.45) is 0 Å². The Morgan fingerprint density at radius 2 is 2.15 bits per heavy atom. The molecule has 0 aliphatic carbocycles. The van der Waals surface area contributed by atoms with Gasteiger partial charge in [-0.1, -0.05) is 27.5 Å². The molecule has 5 heteroatoms. The van der Waals surface area contributed by atoms with E-state index in [1.165, 1.54) is 0 Å². The molecule has 13 heavy (non-hydrogen) atoms. The Hall–Kier alpha value is 0.907. The van der Waals surface area contributed by atoms with Crippen molar-refractivity contribution in [1.82, 2.24) is 0 Å². The van der Waals surface area contributed by atoms with Crippen molar-refractivity contribution in [1.29, 1.82) is 0 Å². The normalized spacial score (nSPS) is 18.2. The number of halogens is 2. The number of hydrogen-bond donors (Lipinski definition) is 0.